The van der Waals surface area contributed by atoms with E-state index in [0.717, 1.165) is 61.4 Å². The second-order valence-corrected chi connectivity index (χ2v) is 18.2. The number of nitrogens with zero attached hydrogens (tertiary/aromatic N) is 4. The number of benzene rings is 7. The molecule has 9 aromatic rings. The van der Waals surface area contributed by atoms with Crippen LogP contribution < -0.4 is 0 Å². The molecule has 0 unspecified atom stereocenters. The first kappa shape index (κ1) is 40.5. The number of hydrogen-bond donors (Lipinski definition) is 0. The van der Waals surface area contributed by atoms with E-state index in [9.17, 15) is 13.2 Å². The van der Waals surface area contributed by atoms with Gasteiger partial charge in [0.05, 0.1) is 22.3 Å². The van der Waals surface area contributed by atoms with Crippen molar-refractivity contribution in [2.75, 3.05) is 0 Å². The molecule has 2 heterocycles. The summed E-state index contributed by atoms with van der Waals surface area (Å²) < 4.78 is 46.2. The standard InChI is InChI=1S/C55H47F3N4/c1-34-16-14-21-37(28-34)43-30-39(52-60-50(35-17-10-8-11-18-35)59-51(61-52)36-19-12-9-13-20-36)31-44(38-22-15-23-42(29-38)55(56,57)58)49(43)62-47-26-24-40(53(2,3)4)32-45(47)46-33-41(54(5,6)7)25-27-48(46)62/h8-33H,1-7H3. The van der Waals surface area contributed by atoms with Crippen LogP contribution in [0.4, 0.5) is 13.2 Å². The van der Waals surface area contributed by atoms with Crippen molar-refractivity contribution in [1.29, 1.82) is 0 Å². The molecule has 0 fully saturated rings. The lowest BCUT2D eigenvalue weighted by atomic mass is 9.85. The maximum atomic E-state index is 14.7. The number of halogens is 3. The van der Waals surface area contributed by atoms with Gasteiger partial charge in [-0.15, -0.1) is 0 Å². The summed E-state index contributed by atoms with van der Waals surface area (Å²) in [4.78, 5) is 15.1. The highest BCUT2D eigenvalue weighted by Gasteiger charge is 2.32. The van der Waals surface area contributed by atoms with Gasteiger partial charge in [-0.25, -0.2) is 15.0 Å². The lowest BCUT2D eigenvalue weighted by Crippen LogP contribution is -2.10. The molecule has 0 radical (unpaired) electrons. The van der Waals surface area contributed by atoms with Gasteiger partial charge in [0.1, 0.15) is 0 Å². The summed E-state index contributed by atoms with van der Waals surface area (Å²) in [5, 5.41) is 2.15. The van der Waals surface area contributed by atoms with E-state index in [4.69, 9.17) is 15.0 Å². The molecule has 2 aromatic heterocycles. The molecule has 0 spiro atoms. The first-order chi connectivity index (χ1) is 29.5. The summed E-state index contributed by atoms with van der Waals surface area (Å²) in [5.41, 5.74) is 10.1. The Labute approximate surface area is 360 Å². The van der Waals surface area contributed by atoms with Gasteiger partial charge in [0, 0.05) is 38.6 Å². The Morgan fingerprint density at radius 3 is 1.29 bits per heavy atom. The highest BCUT2D eigenvalue weighted by molar-refractivity contribution is 6.11. The van der Waals surface area contributed by atoms with E-state index in [0.29, 0.717) is 34.2 Å². The minimum Gasteiger partial charge on any atom is -0.308 e. The van der Waals surface area contributed by atoms with E-state index < -0.39 is 11.7 Å². The molecule has 308 valence electrons. The van der Waals surface area contributed by atoms with Gasteiger partial charge in [-0.2, -0.15) is 13.2 Å². The summed E-state index contributed by atoms with van der Waals surface area (Å²) >= 11 is 0. The molecule has 4 nitrogen and oxygen atoms in total. The number of fused-ring (bicyclic) bond motifs is 3. The van der Waals surface area contributed by atoms with Crippen molar-refractivity contribution in [3.05, 3.63) is 180 Å². The molecule has 0 amide bonds. The minimum absolute atomic E-state index is 0.121. The van der Waals surface area contributed by atoms with Gasteiger partial charge in [-0.1, -0.05) is 156 Å². The van der Waals surface area contributed by atoms with E-state index in [1.54, 1.807) is 6.07 Å². The van der Waals surface area contributed by atoms with Crippen LogP contribution in [0.5, 0.6) is 0 Å². The molecule has 0 saturated heterocycles. The fourth-order valence-electron chi connectivity index (χ4n) is 8.26. The zero-order valence-electron chi connectivity index (χ0n) is 35.9. The van der Waals surface area contributed by atoms with Crippen molar-refractivity contribution in [2.45, 2.75) is 65.5 Å². The van der Waals surface area contributed by atoms with E-state index >= 15 is 0 Å². The third kappa shape index (κ3) is 7.68. The SMILES string of the molecule is Cc1cccc(-c2cc(-c3nc(-c4ccccc4)nc(-c4ccccc4)n3)cc(-c3cccc(C(F)(F)F)c3)c2-n2c3ccc(C(C)(C)C)cc3c3cc(C(C)(C)C)ccc32)c1. The molecular weight excluding hydrogens is 774 g/mol. The van der Waals surface area contributed by atoms with E-state index in [1.807, 2.05) is 85.8 Å². The summed E-state index contributed by atoms with van der Waals surface area (Å²) in [7, 11) is 0. The Hall–Kier alpha value is -6.86. The average Bonchev–Trinajstić information content (AvgIpc) is 3.58. The Bertz CT molecular complexity index is 3000. The highest BCUT2D eigenvalue weighted by atomic mass is 19.4. The topological polar surface area (TPSA) is 43.6 Å². The predicted octanol–water partition coefficient (Wildman–Crippen LogP) is 15.2. The zero-order chi connectivity index (χ0) is 43.6. The molecule has 9 rings (SSSR count). The van der Waals surface area contributed by atoms with Crippen LogP contribution in [0, 0.1) is 6.92 Å². The normalized spacial score (nSPS) is 12.4. The number of aryl methyl sites for hydroxylation is 1. The fourth-order valence-corrected chi connectivity index (χ4v) is 8.26. The third-order valence-electron chi connectivity index (χ3n) is 11.6. The Balaban J connectivity index is 1.45. The van der Waals surface area contributed by atoms with Gasteiger partial charge in [-0.05, 0) is 88.5 Å². The number of hydrogen-bond acceptors (Lipinski definition) is 3. The minimum atomic E-state index is -4.56. The van der Waals surface area contributed by atoms with Crippen LogP contribution >= 0.6 is 0 Å². The third-order valence-corrected chi connectivity index (χ3v) is 11.6. The van der Waals surface area contributed by atoms with Crippen molar-refractivity contribution in [3.63, 3.8) is 0 Å². The summed E-state index contributed by atoms with van der Waals surface area (Å²) in [6, 6.07) is 50.7. The number of rotatable bonds is 6. The molecule has 0 bridgehead atoms. The molecule has 7 aromatic carbocycles. The quantitative estimate of drug-likeness (QED) is 0.168. The molecule has 7 heteroatoms. The van der Waals surface area contributed by atoms with Crippen LogP contribution in [0.1, 0.15) is 63.8 Å². The number of aromatic nitrogens is 4. The van der Waals surface area contributed by atoms with Gasteiger partial charge >= 0.3 is 6.18 Å². The Morgan fingerprint density at radius 2 is 0.839 bits per heavy atom. The second-order valence-electron chi connectivity index (χ2n) is 18.2. The van der Waals surface area contributed by atoms with E-state index in [2.05, 4.69) is 101 Å². The maximum absolute atomic E-state index is 14.7. The van der Waals surface area contributed by atoms with Crippen LogP contribution in [-0.2, 0) is 17.0 Å². The smallest absolute Gasteiger partial charge is 0.308 e. The van der Waals surface area contributed by atoms with Crippen LogP contribution in [0.3, 0.4) is 0 Å². The van der Waals surface area contributed by atoms with Gasteiger partial charge in [-0.3, -0.25) is 0 Å². The molecule has 0 aliphatic rings. The lowest BCUT2D eigenvalue weighted by molar-refractivity contribution is -0.137. The summed E-state index contributed by atoms with van der Waals surface area (Å²) in [6.07, 6.45) is -4.56. The monoisotopic (exact) mass is 820 g/mol. The Morgan fingerprint density at radius 1 is 0.403 bits per heavy atom. The van der Waals surface area contributed by atoms with E-state index in [1.165, 1.54) is 23.3 Å². The maximum Gasteiger partial charge on any atom is 0.416 e. The highest BCUT2D eigenvalue weighted by Crippen LogP contribution is 2.46. The zero-order valence-corrected chi connectivity index (χ0v) is 35.9. The van der Waals surface area contributed by atoms with Crippen molar-refractivity contribution in [1.82, 2.24) is 19.5 Å². The van der Waals surface area contributed by atoms with Crippen molar-refractivity contribution in [3.8, 4) is 62.1 Å². The first-order valence-corrected chi connectivity index (χ1v) is 20.9. The summed E-state index contributed by atoms with van der Waals surface area (Å²) in [5.74, 6) is 1.38. The van der Waals surface area contributed by atoms with Crippen LogP contribution in [0.2, 0.25) is 0 Å². The van der Waals surface area contributed by atoms with Crippen molar-refractivity contribution in [2.24, 2.45) is 0 Å². The van der Waals surface area contributed by atoms with Crippen LogP contribution in [0.15, 0.2) is 158 Å². The molecule has 0 saturated carbocycles. The molecule has 62 heavy (non-hydrogen) atoms. The fraction of sp³-hybridized carbons (Fsp3) is 0.182. The molecule has 0 aliphatic carbocycles. The van der Waals surface area contributed by atoms with Gasteiger partial charge < -0.3 is 4.57 Å². The average molecular weight is 821 g/mol. The number of alkyl halides is 3. The van der Waals surface area contributed by atoms with Crippen LogP contribution in [0.25, 0.3) is 83.9 Å². The predicted molar refractivity (Wildman–Crippen MR) is 248 cm³/mol. The van der Waals surface area contributed by atoms with Crippen LogP contribution in [-0.4, -0.2) is 19.5 Å². The van der Waals surface area contributed by atoms with E-state index in [-0.39, 0.29) is 10.8 Å². The van der Waals surface area contributed by atoms with Gasteiger partial charge in [0.25, 0.3) is 0 Å². The van der Waals surface area contributed by atoms with Crippen molar-refractivity contribution >= 4 is 21.8 Å². The van der Waals surface area contributed by atoms with Crippen molar-refractivity contribution < 1.29 is 13.2 Å². The molecular formula is C55H47F3N4. The molecule has 0 atom stereocenters. The molecule has 0 N–H and O–H groups in total. The summed E-state index contributed by atoms with van der Waals surface area (Å²) in [6.45, 7) is 15.3. The molecule has 0 aliphatic heterocycles. The van der Waals surface area contributed by atoms with Gasteiger partial charge in [0.2, 0.25) is 0 Å². The second kappa shape index (κ2) is 15.2. The lowest BCUT2D eigenvalue weighted by Gasteiger charge is -2.23. The first-order valence-electron chi connectivity index (χ1n) is 20.9. The Kier molecular flexibility index (Phi) is 9.97. The largest absolute Gasteiger partial charge is 0.416 e. The van der Waals surface area contributed by atoms with Gasteiger partial charge in [0.15, 0.2) is 17.5 Å².